The molecule has 1 aromatic carbocycles. The third-order valence-electron chi connectivity index (χ3n) is 3.43. The third-order valence-corrected chi connectivity index (χ3v) is 3.43. The van der Waals surface area contributed by atoms with E-state index in [1.807, 2.05) is 0 Å². The fourth-order valence-corrected chi connectivity index (χ4v) is 2.22. The van der Waals surface area contributed by atoms with E-state index >= 15 is 0 Å². The van der Waals surface area contributed by atoms with E-state index in [1.165, 1.54) is 0 Å². The minimum Gasteiger partial charge on any atom is -0.366 e. The zero-order valence-electron chi connectivity index (χ0n) is 13.5. The van der Waals surface area contributed by atoms with Crippen LogP contribution in [-0.4, -0.2) is 22.3 Å². The Balaban J connectivity index is 2.28. The lowest BCUT2D eigenvalue weighted by Crippen LogP contribution is -2.32. The second-order valence-corrected chi connectivity index (χ2v) is 5.43. The number of carbonyl (C=O) groups excluding carboxylic acids is 3. The molecule has 0 atom stereocenters. The number of pyridine rings is 1. The van der Waals surface area contributed by atoms with Gasteiger partial charge in [0.15, 0.2) is 0 Å². The minimum atomic E-state index is -4.86. The molecule has 5 N–H and O–H groups in total. The van der Waals surface area contributed by atoms with Crippen LogP contribution in [0.5, 0.6) is 0 Å². The van der Waals surface area contributed by atoms with Gasteiger partial charge < -0.3 is 21.4 Å². The summed E-state index contributed by atoms with van der Waals surface area (Å²) in [4.78, 5) is 46.5. The van der Waals surface area contributed by atoms with Crippen LogP contribution in [0.1, 0.15) is 26.3 Å². The molecule has 3 amide bonds. The number of amides is 3. The molecule has 0 aliphatic carbocycles. The second kappa shape index (κ2) is 7.32. The molecule has 0 spiro atoms. The van der Waals surface area contributed by atoms with Crippen molar-refractivity contribution in [3.05, 3.63) is 63.6 Å². The smallest absolute Gasteiger partial charge is 0.366 e. The number of alkyl halides is 3. The molecule has 0 radical (unpaired) electrons. The highest BCUT2D eigenvalue weighted by molar-refractivity contribution is 6.01. The predicted octanol–water partition coefficient (Wildman–Crippen LogP) is 0.704. The van der Waals surface area contributed by atoms with Crippen LogP contribution in [0.3, 0.4) is 0 Å². The Bertz CT molecular complexity index is 950. The molecule has 1 heterocycles. The molecule has 0 saturated carbocycles. The summed E-state index contributed by atoms with van der Waals surface area (Å²) in [6.45, 7) is -0.727. The van der Waals surface area contributed by atoms with Crippen LogP contribution in [0.2, 0.25) is 0 Å². The highest BCUT2D eigenvalue weighted by atomic mass is 19.4. The van der Waals surface area contributed by atoms with Gasteiger partial charge in [0.1, 0.15) is 12.1 Å². The van der Waals surface area contributed by atoms with Crippen molar-refractivity contribution in [1.82, 2.24) is 4.57 Å². The zero-order chi connectivity index (χ0) is 20.4. The standard InChI is InChI=1S/C16H13F3N4O4/c17-16(18,19)11-2-1-3-23(15(11)27)7-12(24)22-10-5-8(13(20)25)4-9(6-10)14(21)26/h1-6H,7H2,(H2,20,25)(H2,21,26)(H,22,24). The van der Waals surface area contributed by atoms with Crippen LogP contribution in [0.4, 0.5) is 18.9 Å². The van der Waals surface area contributed by atoms with Crippen LogP contribution in [-0.2, 0) is 17.5 Å². The van der Waals surface area contributed by atoms with E-state index in [1.54, 1.807) is 0 Å². The number of carbonyl (C=O) groups is 3. The van der Waals surface area contributed by atoms with E-state index in [9.17, 15) is 32.3 Å². The van der Waals surface area contributed by atoms with E-state index < -0.39 is 41.6 Å². The number of hydrogen-bond donors (Lipinski definition) is 3. The summed E-state index contributed by atoms with van der Waals surface area (Å²) in [7, 11) is 0. The molecule has 27 heavy (non-hydrogen) atoms. The van der Waals surface area contributed by atoms with Crippen LogP contribution in [0.15, 0.2) is 41.3 Å². The number of hydrogen-bond acceptors (Lipinski definition) is 4. The first kappa shape index (κ1) is 19.7. The van der Waals surface area contributed by atoms with Gasteiger partial charge in [-0.3, -0.25) is 19.2 Å². The van der Waals surface area contributed by atoms with Crippen molar-refractivity contribution in [2.45, 2.75) is 12.7 Å². The first-order valence-corrected chi connectivity index (χ1v) is 7.30. The van der Waals surface area contributed by atoms with Gasteiger partial charge >= 0.3 is 6.18 Å². The summed E-state index contributed by atoms with van der Waals surface area (Å²) >= 11 is 0. The average Bonchev–Trinajstić information content (AvgIpc) is 2.55. The van der Waals surface area contributed by atoms with Crippen LogP contribution in [0.25, 0.3) is 0 Å². The fraction of sp³-hybridized carbons (Fsp3) is 0.125. The number of rotatable bonds is 5. The van der Waals surface area contributed by atoms with Crippen LogP contribution >= 0.6 is 0 Å². The van der Waals surface area contributed by atoms with Gasteiger partial charge in [-0.2, -0.15) is 13.2 Å². The predicted molar refractivity (Wildman–Crippen MR) is 87.8 cm³/mol. The van der Waals surface area contributed by atoms with Crippen LogP contribution < -0.4 is 22.3 Å². The number of benzene rings is 1. The Morgan fingerprint density at radius 3 is 2.07 bits per heavy atom. The molecule has 2 rings (SSSR count). The summed E-state index contributed by atoms with van der Waals surface area (Å²) in [5, 5.41) is 2.27. The van der Waals surface area contributed by atoms with Gasteiger partial charge in [0.25, 0.3) is 5.56 Å². The lowest BCUT2D eigenvalue weighted by molar-refractivity contribution is -0.139. The second-order valence-electron chi connectivity index (χ2n) is 5.43. The SMILES string of the molecule is NC(=O)c1cc(NC(=O)Cn2cccc(C(F)(F)F)c2=O)cc(C(N)=O)c1. The fourth-order valence-electron chi connectivity index (χ4n) is 2.22. The maximum absolute atomic E-state index is 12.8. The first-order valence-electron chi connectivity index (χ1n) is 7.30. The summed E-state index contributed by atoms with van der Waals surface area (Å²) in [5.74, 6) is -2.64. The Morgan fingerprint density at radius 1 is 1.04 bits per heavy atom. The first-order chi connectivity index (χ1) is 12.5. The van der Waals surface area contributed by atoms with Gasteiger partial charge in [-0.1, -0.05) is 0 Å². The maximum Gasteiger partial charge on any atom is 0.421 e. The molecular weight excluding hydrogens is 369 g/mol. The summed E-state index contributed by atoms with van der Waals surface area (Å²) < 4.78 is 38.8. The van der Waals surface area contributed by atoms with Gasteiger partial charge in [-0.05, 0) is 30.3 Å². The Kier molecular flexibility index (Phi) is 5.34. The lowest BCUT2D eigenvalue weighted by atomic mass is 10.1. The lowest BCUT2D eigenvalue weighted by Gasteiger charge is -2.11. The van der Waals surface area contributed by atoms with Gasteiger partial charge in [0, 0.05) is 23.0 Å². The molecule has 0 unspecified atom stereocenters. The van der Waals surface area contributed by atoms with E-state index in [0.717, 1.165) is 30.5 Å². The molecule has 0 aliphatic rings. The summed E-state index contributed by atoms with van der Waals surface area (Å²) in [6.07, 6.45) is -3.84. The molecular formula is C16H13F3N4O4. The molecule has 0 aliphatic heterocycles. The van der Waals surface area contributed by atoms with E-state index in [2.05, 4.69) is 5.32 Å². The molecule has 142 valence electrons. The number of nitrogens with two attached hydrogens (primary N) is 2. The summed E-state index contributed by atoms with van der Waals surface area (Å²) in [5.41, 5.74) is 7.19. The van der Waals surface area contributed by atoms with E-state index in [-0.39, 0.29) is 16.8 Å². The van der Waals surface area contributed by atoms with Crippen molar-refractivity contribution < 1.29 is 27.6 Å². The Morgan fingerprint density at radius 2 is 1.59 bits per heavy atom. The number of primary amides is 2. The highest BCUT2D eigenvalue weighted by Gasteiger charge is 2.34. The average molecular weight is 382 g/mol. The normalized spacial score (nSPS) is 11.1. The molecule has 0 saturated heterocycles. The van der Waals surface area contributed by atoms with Crippen LogP contribution in [0, 0.1) is 0 Å². The monoisotopic (exact) mass is 382 g/mol. The zero-order valence-corrected chi connectivity index (χ0v) is 13.5. The van der Waals surface area contributed by atoms with Crippen molar-refractivity contribution in [2.24, 2.45) is 11.5 Å². The minimum absolute atomic E-state index is 0.0369. The van der Waals surface area contributed by atoms with Crippen molar-refractivity contribution in [3.8, 4) is 0 Å². The number of anilines is 1. The molecule has 11 heteroatoms. The molecule has 1 aromatic heterocycles. The van der Waals surface area contributed by atoms with Crippen molar-refractivity contribution >= 4 is 23.4 Å². The van der Waals surface area contributed by atoms with Crippen molar-refractivity contribution in [3.63, 3.8) is 0 Å². The Hall–Kier alpha value is -3.63. The Labute approximate surface area is 149 Å². The van der Waals surface area contributed by atoms with Gasteiger partial charge in [-0.25, -0.2) is 0 Å². The summed E-state index contributed by atoms with van der Waals surface area (Å²) in [6, 6.07) is 5.02. The van der Waals surface area contributed by atoms with Crippen molar-refractivity contribution in [2.75, 3.05) is 5.32 Å². The molecule has 0 fully saturated rings. The highest BCUT2D eigenvalue weighted by Crippen LogP contribution is 2.26. The number of aromatic nitrogens is 1. The third kappa shape index (κ3) is 4.71. The molecule has 2 aromatic rings. The van der Waals surface area contributed by atoms with Crippen molar-refractivity contribution in [1.29, 1.82) is 0 Å². The number of nitrogens with zero attached hydrogens (tertiary/aromatic N) is 1. The van der Waals surface area contributed by atoms with Gasteiger partial charge in [-0.15, -0.1) is 0 Å². The molecule has 0 bridgehead atoms. The van der Waals surface area contributed by atoms with Gasteiger partial charge in [0.2, 0.25) is 17.7 Å². The number of halogens is 3. The number of nitrogens with one attached hydrogen (secondary N) is 1. The topological polar surface area (TPSA) is 137 Å². The quantitative estimate of drug-likeness (QED) is 0.701. The van der Waals surface area contributed by atoms with Gasteiger partial charge in [0.05, 0.1) is 0 Å². The van der Waals surface area contributed by atoms with E-state index in [0.29, 0.717) is 10.6 Å². The molecule has 8 nitrogen and oxygen atoms in total. The largest absolute Gasteiger partial charge is 0.421 e. The maximum atomic E-state index is 12.8. The van der Waals surface area contributed by atoms with E-state index in [4.69, 9.17) is 11.5 Å².